The monoisotopic (exact) mass is 207 g/mol. The second-order valence-electron chi connectivity index (χ2n) is 3.42. The summed E-state index contributed by atoms with van der Waals surface area (Å²) in [6.07, 6.45) is 0.286. The maximum Gasteiger partial charge on any atom is 0.220 e. The van der Waals surface area contributed by atoms with Crippen molar-refractivity contribution in [2.24, 2.45) is 0 Å². The van der Waals surface area contributed by atoms with E-state index in [4.69, 9.17) is 0 Å². The highest BCUT2D eigenvalue weighted by Crippen LogP contribution is 2.17. The van der Waals surface area contributed by atoms with Crippen LogP contribution in [0.1, 0.15) is 31.4 Å². The summed E-state index contributed by atoms with van der Waals surface area (Å²) >= 11 is 0. The average Bonchev–Trinajstić information content (AvgIpc) is 2.27. The average molecular weight is 207 g/mol. The van der Waals surface area contributed by atoms with Crippen LogP contribution in [-0.4, -0.2) is 17.6 Å². The Morgan fingerprint density at radius 1 is 1.40 bits per heavy atom. The molecule has 1 rings (SSSR count). The SMILES string of the molecule is CCNC(=O)CCC(O)c1ccccc1. The van der Waals surface area contributed by atoms with E-state index >= 15 is 0 Å². The Kier molecular flexibility index (Phi) is 4.84. The van der Waals surface area contributed by atoms with Gasteiger partial charge in [-0.3, -0.25) is 4.79 Å². The molecule has 1 unspecified atom stereocenters. The van der Waals surface area contributed by atoms with Gasteiger partial charge in [-0.1, -0.05) is 30.3 Å². The summed E-state index contributed by atoms with van der Waals surface area (Å²) in [5.74, 6) is -0.00696. The highest BCUT2D eigenvalue weighted by atomic mass is 16.3. The molecule has 0 aliphatic heterocycles. The number of nitrogens with one attached hydrogen (secondary N) is 1. The van der Waals surface area contributed by atoms with Crippen LogP contribution in [0.2, 0.25) is 0 Å². The lowest BCUT2D eigenvalue weighted by Gasteiger charge is -2.10. The van der Waals surface area contributed by atoms with E-state index in [-0.39, 0.29) is 5.91 Å². The van der Waals surface area contributed by atoms with Crippen LogP contribution in [0.4, 0.5) is 0 Å². The van der Waals surface area contributed by atoms with E-state index in [0.29, 0.717) is 19.4 Å². The molecule has 1 atom stereocenters. The molecule has 15 heavy (non-hydrogen) atoms. The van der Waals surface area contributed by atoms with Gasteiger partial charge in [0.25, 0.3) is 0 Å². The first-order valence-electron chi connectivity index (χ1n) is 5.23. The molecular weight excluding hydrogens is 190 g/mol. The lowest BCUT2D eigenvalue weighted by Crippen LogP contribution is -2.22. The van der Waals surface area contributed by atoms with Crippen LogP contribution in [0.3, 0.4) is 0 Å². The van der Waals surface area contributed by atoms with E-state index < -0.39 is 6.10 Å². The first-order valence-corrected chi connectivity index (χ1v) is 5.23. The Bertz CT molecular complexity index is 298. The third-order valence-corrected chi connectivity index (χ3v) is 2.20. The van der Waals surface area contributed by atoms with Crippen LogP contribution in [0.15, 0.2) is 30.3 Å². The van der Waals surface area contributed by atoms with Gasteiger partial charge < -0.3 is 10.4 Å². The number of carbonyl (C=O) groups excluding carboxylic acids is 1. The van der Waals surface area contributed by atoms with Crippen molar-refractivity contribution in [3.8, 4) is 0 Å². The Hall–Kier alpha value is -1.35. The largest absolute Gasteiger partial charge is 0.388 e. The summed E-state index contributed by atoms with van der Waals surface area (Å²) in [5, 5.41) is 12.5. The Morgan fingerprint density at radius 3 is 2.67 bits per heavy atom. The van der Waals surface area contributed by atoms with E-state index in [1.807, 2.05) is 37.3 Å². The zero-order valence-electron chi connectivity index (χ0n) is 8.94. The van der Waals surface area contributed by atoms with Gasteiger partial charge in [0.2, 0.25) is 5.91 Å². The molecule has 0 spiro atoms. The van der Waals surface area contributed by atoms with Crippen molar-refractivity contribution in [3.05, 3.63) is 35.9 Å². The van der Waals surface area contributed by atoms with Crippen LogP contribution in [0.5, 0.6) is 0 Å². The molecule has 3 nitrogen and oxygen atoms in total. The van der Waals surface area contributed by atoms with E-state index in [0.717, 1.165) is 5.56 Å². The fourth-order valence-corrected chi connectivity index (χ4v) is 1.40. The van der Waals surface area contributed by atoms with Crippen LogP contribution in [0, 0.1) is 0 Å². The van der Waals surface area contributed by atoms with E-state index in [1.165, 1.54) is 0 Å². The van der Waals surface area contributed by atoms with Crippen molar-refractivity contribution in [2.45, 2.75) is 25.9 Å². The standard InChI is InChI=1S/C12H17NO2/c1-2-13-12(15)9-8-11(14)10-6-4-3-5-7-10/h3-7,11,14H,2,8-9H2,1H3,(H,13,15). The molecule has 0 bridgehead atoms. The first-order chi connectivity index (χ1) is 7.24. The third kappa shape index (κ3) is 4.13. The molecule has 0 radical (unpaired) electrons. The molecule has 0 fully saturated rings. The van der Waals surface area contributed by atoms with Gasteiger partial charge in [-0.15, -0.1) is 0 Å². The maximum atomic E-state index is 11.2. The van der Waals surface area contributed by atoms with E-state index in [9.17, 15) is 9.90 Å². The minimum atomic E-state index is -0.547. The van der Waals surface area contributed by atoms with Gasteiger partial charge in [0.1, 0.15) is 0 Å². The summed E-state index contributed by atoms with van der Waals surface area (Å²) in [7, 11) is 0. The second kappa shape index (κ2) is 6.19. The number of aliphatic hydroxyl groups excluding tert-OH is 1. The van der Waals surface area contributed by atoms with E-state index in [2.05, 4.69) is 5.32 Å². The van der Waals surface area contributed by atoms with Crippen molar-refractivity contribution in [2.75, 3.05) is 6.54 Å². The van der Waals surface area contributed by atoms with E-state index in [1.54, 1.807) is 0 Å². The fraction of sp³-hybridized carbons (Fsp3) is 0.417. The zero-order chi connectivity index (χ0) is 11.1. The number of hydrogen-bond acceptors (Lipinski definition) is 2. The lowest BCUT2D eigenvalue weighted by atomic mass is 10.1. The fourth-order valence-electron chi connectivity index (χ4n) is 1.40. The lowest BCUT2D eigenvalue weighted by molar-refractivity contribution is -0.121. The maximum absolute atomic E-state index is 11.2. The highest BCUT2D eigenvalue weighted by molar-refractivity contribution is 5.75. The molecule has 0 aliphatic rings. The number of benzene rings is 1. The third-order valence-electron chi connectivity index (χ3n) is 2.20. The number of aliphatic hydroxyl groups is 1. The molecule has 1 aromatic carbocycles. The van der Waals surface area contributed by atoms with Crippen LogP contribution < -0.4 is 5.32 Å². The van der Waals surface area contributed by atoms with Crippen LogP contribution in [0.25, 0.3) is 0 Å². The Balaban J connectivity index is 2.37. The molecule has 1 amide bonds. The number of amides is 1. The molecule has 0 heterocycles. The first kappa shape index (κ1) is 11.7. The summed E-state index contributed by atoms with van der Waals surface area (Å²) in [6, 6.07) is 9.39. The van der Waals surface area contributed by atoms with Crippen molar-refractivity contribution in [3.63, 3.8) is 0 Å². The predicted octanol–water partition coefficient (Wildman–Crippen LogP) is 1.64. The molecule has 2 N–H and O–H groups in total. The van der Waals surface area contributed by atoms with Gasteiger partial charge in [-0.25, -0.2) is 0 Å². The van der Waals surface area contributed by atoms with Gasteiger partial charge in [0.05, 0.1) is 6.10 Å². The van der Waals surface area contributed by atoms with Crippen molar-refractivity contribution in [1.82, 2.24) is 5.32 Å². The normalized spacial score (nSPS) is 12.1. The predicted molar refractivity (Wildman–Crippen MR) is 59.3 cm³/mol. The quantitative estimate of drug-likeness (QED) is 0.771. The molecular formula is C12H17NO2. The molecule has 0 aromatic heterocycles. The van der Waals surface area contributed by atoms with Gasteiger partial charge in [0, 0.05) is 13.0 Å². The topological polar surface area (TPSA) is 49.3 Å². The Morgan fingerprint density at radius 2 is 2.07 bits per heavy atom. The summed E-state index contributed by atoms with van der Waals surface area (Å²) < 4.78 is 0. The van der Waals surface area contributed by atoms with Crippen molar-refractivity contribution in [1.29, 1.82) is 0 Å². The van der Waals surface area contributed by atoms with Crippen molar-refractivity contribution >= 4 is 5.91 Å². The molecule has 0 saturated carbocycles. The van der Waals surface area contributed by atoms with Gasteiger partial charge >= 0.3 is 0 Å². The molecule has 0 saturated heterocycles. The molecule has 3 heteroatoms. The second-order valence-corrected chi connectivity index (χ2v) is 3.42. The summed E-state index contributed by atoms with van der Waals surface area (Å²) in [6.45, 7) is 2.52. The number of rotatable bonds is 5. The van der Waals surface area contributed by atoms with Gasteiger partial charge in [-0.2, -0.15) is 0 Å². The molecule has 1 aromatic rings. The van der Waals surface area contributed by atoms with Crippen LogP contribution >= 0.6 is 0 Å². The Labute approximate surface area is 90.1 Å². The number of carbonyl (C=O) groups is 1. The van der Waals surface area contributed by atoms with Gasteiger partial charge in [0.15, 0.2) is 0 Å². The minimum absolute atomic E-state index is 0.00696. The summed E-state index contributed by atoms with van der Waals surface area (Å²) in [5.41, 5.74) is 0.863. The molecule has 0 aliphatic carbocycles. The summed E-state index contributed by atoms with van der Waals surface area (Å²) in [4.78, 5) is 11.2. The zero-order valence-corrected chi connectivity index (χ0v) is 8.94. The van der Waals surface area contributed by atoms with Crippen LogP contribution in [-0.2, 0) is 4.79 Å². The molecule has 82 valence electrons. The highest BCUT2D eigenvalue weighted by Gasteiger charge is 2.08. The minimum Gasteiger partial charge on any atom is -0.388 e. The van der Waals surface area contributed by atoms with Gasteiger partial charge in [-0.05, 0) is 18.9 Å². The number of hydrogen-bond donors (Lipinski definition) is 2. The smallest absolute Gasteiger partial charge is 0.220 e. The van der Waals surface area contributed by atoms with Crippen molar-refractivity contribution < 1.29 is 9.90 Å².